The molecule has 3 rings (SSSR count). The highest BCUT2D eigenvalue weighted by Crippen LogP contribution is 2.38. The Kier molecular flexibility index (Phi) is 5.56. The number of methoxy groups -OCH3 is 1. The van der Waals surface area contributed by atoms with Gasteiger partial charge < -0.3 is 9.84 Å². The molecule has 1 aromatic heterocycles. The lowest BCUT2D eigenvalue weighted by Crippen LogP contribution is -2.39. The zero-order chi connectivity index (χ0) is 17.8. The van der Waals surface area contributed by atoms with Crippen LogP contribution in [-0.2, 0) is 4.79 Å². The summed E-state index contributed by atoms with van der Waals surface area (Å²) in [6.45, 7) is 1.42. The topological polar surface area (TPSA) is 62.7 Å². The Balaban J connectivity index is 1.98. The molecule has 0 aliphatic carbocycles. The molecule has 132 valence electrons. The highest BCUT2D eigenvalue weighted by Gasteiger charge is 2.31. The van der Waals surface area contributed by atoms with Gasteiger partial charge in [-0.15, -0.1) is 0 Å². The summed E-state index contributed by atoms with van der Waals surface area (Å²) in [5.41, 5.74) is 2.07. The highest BCUT2D eigenvalue weighted by atomic mass is 35.5. The van der Waals surface area contributed by atoms with Crippen LogP contribution in [0.25, 0.3) is 0 Å². The van der Waals surface area contributed by atoms with Gasteiger partial charge in [-0.2, -0.15) is 0 Å². The van der Waals surface area contributed by atoms with Crippen molar-refractivity contribution in [3.8, 4) is 5.75 Å². The zero-order valence-corrected chi connectivity index (χ0v) is 14.8. The molecule has 0 radical (unpaired) electrons. The van der Waals surface area contributed by atoms with E-state index in [1.54, 1.807) is 19.5 Å². The first-order chi connectivity index (χ1) is 12.1. The number of hydrogen-bond donors (Lipinski definition) is 1. The van der Waals surface area contributed by atoms with Crippen LogP contribution in [0.1, 0.15) is 30.0 Å². The van der Waals surface area contributed by atoms with Crippen LogP contribution in [0.3, 0.4) is 0 Å². The zero-order valence-electron chi connectivity index (χ0n) is 14.1. The van der Waals surface area contributed by atoms with Crippen molar-refractivity contribution in [1.29, 1.82) is 0 Å². The van der Waals surface area contributed by atoms with Crippen molar-refractivity contribution in [2.45, 2.75) is 18.9 Å². The number of ether oxygens (including phenoxy) is 1. The maximum absolute atomic E-state index is 11.3. The third kappa shape index (κ3) is 3.94. The molecule has 5 nitrogen and oxygen atoms in total. The molecule has 1 aliphatic rings. The first-order valence-corrected chi connectivity index (χ1v) is 8.68. The van der Waals surface area contributed by atoms with Crippen LogP contribution in [0.15, 0.2) is 42.7 Å². The molecule has 1 atom stereocenters. The van der Waals surface area contributed by atoms with E-state index in [9.17, 15) is 9.90 Å². The fraction of sp³-hybridized carbons (Fsp3) is 0.368. The molecule has 1 unspecified atom stereocenters. The molecule has 1 fully saturated rings. The van der Waals surface area contributed by atoms with E-state index in [2.05, 4.69) is 9.88 Å². The van der Waals surface area contributed by atoms with Gasteiger partial charge in [-0.1, -0.05) is 11.6 Å². The van der Waals surface area contributed by atoms with Crippen LogP contribution >= 0.6 is 11.6 Å². The second-order valence-corrected chi connectivity index (χ2v) is 6.65. The number of rotatable bonds is 5. The van der Waals surface area contributed by atoms with Crippen LogP contribution < -0.4 is 4.74 Å². The number of halogens is 1. The average molecular weight is 361 g/mol. The third-order valence-corrected chi connectivity index (χ3v) is 4.99. The first-order valence-electron chi connectivity index (χ1n) is 8.30. The van der Waals surface area contributed by atoms with Crippen molar-refractivity contribution in [1.82, 2.24) is 9.88 Å². The van der Waals surface area contributed by atoms with Gasteiger partial charge in [0.25, 0.3) is 0 Å². The smallest absolute Gasteiger partial charge is 0.306 e. The normalized spacial score (nSPS) is 17.2. The standard InChI is InChI=1S/C19H21ClN2O3/c1-25-17-3-2-15(20)12-16(17)18(13-4-8-21-9-5-13)22-10-6-14(7-11-22)19(23)24/h2-5,8-9,12,14,18H,6-7,10-11H2,1H3,(H,23,24). The Morgan fingerprint density at radius 3 is 2.56 bits per heavy atom. The Morgan fingerprint density at radius 1 is 1.28 bits per heavy atom. The van der Waals surface area contributed by atoms with Crippen LogP contribution in [0.5, 0.6) is 5.75 Å². The molecule has 1 N–H and O–H groups in total. The van der Waals surface area contributed by atoms with Gasteiger partial charge in [-0.25, -0.2) is 0 Å². The van der Waals surface area contributed by atoms with Crippen LogP contribution in [0.4, 0.5) is 0 Å². The van der Waals surface area contributed by atoms with Gasteiger partial charge in [0.2, 0.25) is 0 Å². The van der Waals surface area contributed by atoms with E-state index < -0.39 is 5.97 Å². The predicted molar refractivity (Wildman–Crippen MR) is 96.0 cm³/mol. The number of benzene rings is 1. The van der Waals surface area contributed by atoms with Gasteiger partial charge in [-0.3, -0.25) is 14.7 Å². The number of carboxylic acids is 1. The highest BCUT2D eigenvalue weighted by molar-refractivity contribution is 6.30. The molecule has 0 bridgehead atoms. The number of carbonyl (C=O) groups is 1. The van der Waals surface area contributed by atoms with Crippen LogP contribution in [0.2, 0.25) is 5.02 Å². The number of likely N-dealkylation sites (tertiary alicyclic amines) is 1. The molecule has 6 heteroatoms. The number of aromatic nitrogens is 1. The van der Waals surface area contributed by atoms with Crippen LogP contribution in [0, 0.1) is 5.92 Å². The molecule has 2 heterocycles. The third-order valence-electron chi connectivity index (χ3n) is 4.75. The number of nitrogens with zero attached hydrogens (tertiary/aromatic N) is 2. The average Bonchev–Trinajstić information content (AvgIpc) is 2.63. The first kappa shape index (κ1) is 17.7. The lowest BCUT2D eigenvalue weighted by molar-refractivity contribution is -0.143. The quantitative estimate of drug-likeness (QED) is 0.882. The summed E-state index contributed by atoms with van der Waals surface area (Å²) in [4.78, 5) is 17.7. The number of pyridine rings is 1. The summed E-state index contributed by atoms with van der Waals surface area (Å²) in [5, 5.41) is 9.90. The van der Waals surface area contributed by atoms with E-state index in [1.165, 1.54) is 0 Å². The minimum absolute atomic E-state index is 0.0496. The van der Waals surface area contributed by atoms with Gasteiger partial charge in [0.1, 0.15) is 5.75 Å². The maximum Gasteiger partial charge on any atom is 0.306 e. The molecule has 0 spiro atoms. The lowest BCUT2D eigenvalue weighted by atomic mass is 9.91. The summed E-state index contributed by atoms with van der Waals surface area (Å²) in [6.07, 6.45) is 4.81. The molecule has 0 amide bonds. The molecular formula is C19H21ClN2O3. The largest absolute Gasteiger partial charge is 0.496 e. The van der Waals surface area contributed by atoms with Gasteiger partial charge in [0, 0.05) is 23.0 Å². The summed E-state index contributed by atoms with van der Waals surface area (Å²) in [6, 6.07) is 9.52. The van der Waals surface area contributed by atoms with E-state index in [1.807, 2.05) is 30.3 Å². The monoisotopic (exact) mass is 360 g/mol. The van der Waals surface area contributed by atoms with Crippen LogP contribution in [-0.4, -0.2) is 41.2 Å². The molecule has 1 aliphatic heterocycles. The van der Waals surface area contributed by atoms with E-state index in [0.29, 0.717) is 31.0 Å². The molecule has 1 saturated heterocycles. The molecule has 25 heavy (non-hydrogen) atoms. The molecular weight excluding hydrogens is 340 g/mol. The molecule has 0 saturated carbocycles. The van der Waals surface area contributed by atoms with Crippen molar-refractivity contribution < 1.29 is 14.6 Å². The van der Waals surface area contributed by atoms with Gasteiger partial charge >= 0.3 is 5.97 Å². The second-order valence-electron chi connectivity index (χ2n) is 6.22. The fourth-order valence-electron chi connectivity index (χ4n) is 3.46. The van der Waals surface area contributed by atoms with Crippen molar-refractivity contribution in [2.24, 2.45) is 5.92 Å². The molecule has 2 aromatic rings. The van der Waals surface area contributed by atoms with Crippen molar-refractivity contribution in [3.05, 3.63) is 58.9 Å². The molecule has 1 aromatic carbocycles. The number of carboxylic acid groups (broad SMARTS) is 1. The predicted octanol–water partition coefficient (Wildman–Crippen LogP) is 3.63. The maximum atomic E-state index is 11.3. The Morgan fingerprint density at radius 2 is 1.96 bits per heavy atom. The fourth-order valence-corrected chi connectivity index (χ4v) is 3.64. The van der Waals surface area contributed by atoms with Crippen molar-refractivity contribution in [2.75, 3.05) is 20.2 Å². The van der Waals surface area contributed by atoms with E-state index in [0.717, 1.165) is 16.9 Å². The lowest BCUT2D eigenvalue weighted by Gasteiger charge is -2.37. The summed E-state index contributed by atoms with van der Waals surface area (Å²) in [5.74, 6) is -0.206. The summed E-state index contributed by atoms with van der Waals surface area (Å²) in [7, 11) is 1.65. The van der Waals surface area contributed by atoms with E-state index in [-0.39, 0.29) is 12.0 Å². The Labute approximate surface area is 152 Å². The number of aliphatic carboxylic acids is 1. The van der Waals surface area contributed by atoms with Crippen molar-refractivity contribution in [3.63, 3.8) is 0 Å². The van der Waals surface area contributed by atoms with Gasteiger partial charge in [0.15, 0.2) is 0 Å². The summed E-state index contributed by atoms with van der Waals surface area (Å²) >= 11 is 6.24. The minimum Gasteiger partial charge on any atom is -0.496 e. The number of piperidine rings is 1. The van der Waals surface area contributed by atoms with Gasteiger partial charge in [-0.05, 0) is 61.8 Å². The number of hydrogen-bond acceptors (Lipinski definition) is 4. The van der Waals surface area contributed by atoms with Gasteiger partial charge in [0.05, 0.1) is 19.1 Å². The Bertz CT molecular complexity index is 731. The van der Waals surface area contributed by atoms with E-state index >= 15 is 0 Å². The summed E-state index contributed by atoms with van der Waals surface area (Å²) < 4.78 is 5.56. The second kappa shape index (κ2) is 7.85. The minimum atomic E-state index is -0.708. The SMILES string of the molecule is COc1ccc(Cl)cc1C(c1ccncc1)N1CCC(C(=O)O)CC1. The van der Waals surface area contributed by atoms with E-state index in [4.69, 9.17) is 16.3 Å². The van der Waals surface area contributed by atoms with Crippen molar-refractivity contribution >= 4 is 17.6 Å². The Hall–Kier alpha value is -2.11.